The van der Waals surface area contributed by atoms with Crippen molar-refractivity contribution in [2.75, 3.05) is 32.1 Å². The first kappa shape index (κ1) is 28.8. The average molecular weight is 556 g/mol. The lowest BCUT2D eigenvalue weighted by atomic mass is 10.0. The van der Waals surface area contributed by atoms with E-state index >= 15 is 0 Å². The van der Waals surface area contributed by atoms with Crippen molar-refractivity contribution in [3.8, 4) is 16.9 Å². The number of amides is 2. The van der Waals surface area contributed by atoms with Crippen molar-refractivity contribution in [3.63, 3.8) is 0 Å². The minimum atomic E-state index is -0.300. The van der Waals surface area contributed by atoms with Gasteiger partial charge in [-0.05, 0) is 61.7 Å². The quantitative estimate of drug-likeness (QED) is 0.389. The van der Waals surface area contributed by atoms with Crippen LogP contribution in [-0.4, -0.2) is 65.6 Å². The molecule has 0 radical (unpaired) electrons. The molecule has 0 unspecified atom stereocenters. The van der Waals surface area contributed by atoms with Crippen LogP contribution in [0.4, 0.5) is 5.69 Å². The summed E-state index contributed by atoms with van der Waals surface area (Å²) in [6.45, 7) is 5.79. The summed E-state index contributed by atoms with van der Waals surface area (Å²) in [6.07, 6.45) is 1.82. The molecular weight excluding hydrogens is 514 g/mol. The van der Waals surface area contributed by atoms with Gasteiger partial charge in [-0.15, -0.1) is 0 Å². The van der Waals surface area contributed by atoms with Crippen molar-refractivity contribution in [1.29, 1.82) is 0 Å². The molecule has 0 bridgehead atoms. The first-order chi connectivity index (χ1) is 19.8. The predicted molar refractivity (Wildman–Crippen MR) is 162 cm³/mol. The maximum atomic E-state index is 13.4. The van der Waals surface area contributed by atoms with E-state index in [2.05, 4.69) is 72.7 Å². The van der Waals surface area contributed by atoms with Crippen molar-refractivity contribution < 1.29 is 19.4 Å². The number of carbonyl (C=O) groups excluding carboxylic acids is 2. The van der Waals surface area contributed by atoms with Gasteiger partial charge in [-0.2, -0.15) is 0 Å². The maximum Gasteiger partial charge on any atom is 0.227 e. The van der Waals surface area contributed by atoms with Crippen LogP contribution in [0.2, 0.25) is 0 Å². The third-order valence-corrected chi connectivity index (χ3v) is 8.14. The van der Waals surface area contributed by atoms with Gasteiger partial charge < -0.3 is 20.1 Å². The Labute approximate surface area is 243 Å². The average Bonchev–Trinajstić information content (AvgIpc) is 3.82. The zero-order chi connectivity index (χ0) is 28.9. The van der Waals surface area contributed by atoms with Gasteiger partial charge >= 0.3 is 0 Å². The van der Waals surface area contributed by atoms with Crippen LogP contribution in [0, 0.1) is 11.8 Å². The topological polar surface area (TPSA) is 82.1 Å². The normalized spacial score (nSPS) is 19.9. The molecule has 2 amide bonds. The van der Waals surface area contributed by atoms with Gasteiger partial charge in [-0.1, -0.05) is 61.5 Å². The Bertz CT molecular complexity index is 1340. The number of nitrogens with zero attached hydrogens (tertiary/aromatic N) is 2. The molecule has 2 aliphatic rings. The van der Waals surface area contributed by atoms with E-state index in [0.29, 0.717) is 24.5 Å². The second kappa shape index (κ2) is 12.9. The first-order valence-electron chi connectivity index (χ1n) is 14.6. The van der Waals surface area contributed by atoms with E-state index in [0.717, 1.165) is 24.9 Å². The predicted octanol–water partition coefficient (Wildman–Crippen LogP) is 4.98. The van der Waals surface area contributed by atoms with Crippen LogP contribution in [0.15, 0.2) is 72.8 Å². The Hall–Kier alpha value is -3.68. The summed E-state index contributed by atoms with van der Waals surface area (Å²) in [4.78, 5) is 29.8. The van der Waals surface area contributed by atoms with Crippen LogP contribution >= 0.6 is 0 Å². The molecule has 3 aromatic carbocycles. The van der Waals surface area contributed by atoms with Gasteiger partial charge in [0.2, 0.25) is 11.8 Å². The van der Waals surface area contributed by atoms with E-state index in [1.165, 1.54) is 16.7 Å². The number of fused-ring (bicyclic) bond motifs is 1. The van der Waals surface area contributed by atoms with E-state index in [4.69, 9.17) is 4.74 Å². The van der Waals surface area contributed by atoms with E-state index in [1.807, 2.05) is 31.2 Å². The summed E-state index contributed by atoms with van der Waals surface area (Å²) >= 11 is 0. The fraction of sp³-hybridized carbons (Fsp3) is 0.412. The molecule has 7 heteroatoms. The van der Waals surface area contributed by atoms with Crippen molar-refractivity contribution in [2.45, 2.75) is 51.8 Å². The number of rotatable bonds is 9. The van der Waals surface area contributed by atoms with E-state index in [1.54, 1.807) is 4.90 Å². The lowest BCUT2D eigenvalue weighted by Gasteiger charge is -2.34. The van der Waals surface area contributed by atoms with Crippen LogP contribution in [0.25, 0.3) is 11.1 Å². The molecule has 216 valence electrons. The van der Waals surface area contributed by atoms with Gasteiger partial charge in [0, 0.05) is 42.7 Å². The molecule has 5 rings (SSSR count). The highest BCUT2D eigenvalue weighted by molar-refractivity contribution is 5.94. The van der Waals surface area contributed by atoms with E-state index in [-0.39, 0.29) is 48.8 Å². The van der Waals surface area contributed by atoms with Crippen LogP contribution < -0.4 is 10.1 Å². The summed E-state index contributed by atoms with van der Waals surface area (Å²) in [5, 5.41) is 12.9. The number of carbonyl (C=O) groups is 2. The molecule has 1 heterocycles. The fourth-order valence-electron chi connectivity index (χ4n) is 5.43. The summed E-state index contributed by atoms with van der Waals surface area (Å²) in [5.74, 6) is 0.756. The molecule has 1 fully saturated rings. The largest absolute Gasteiger partial charge is 0.488 e. The molecule has 0 saturated heterocycles. The number of aliphatic hydroxyl groups is 1. The molecule has 1 aliphatic heterocycles. The van der Waals surface area contributed by atoms with Gasteiger partial charge in [0.25, 0.3) is 0 Å². The molecular formula is C34H41N3O4. The smallest absolute Gasteiger partial charge is 0.227 e. The minimum Gasteiger partial charge on any atom is -0.488 e. The zero-order valence-corrected chi connectivity index (χ0v) is 24.3. The second-order valence-corrected chi connectivity index (χ2v) is 11.7. The molecule has 2 N–H and O–H groups in total. The minimum absolute atomic E-state index is 0.0241. The van der Waals surface area contributed by atoms with Crippen molar-refractivity contribution in [3.05, 3.63) is 83.9 Å². The molecule has 0 spiro atoms. The summed E-state index contributed by atoms with van der Waals surface area (Å²) in [6, 6.07) is 24.3. The van der Waals surface area contributed by atoms with E-state index < -0.39 is 0 Å². The zero-order valence-electron chi connectivity index (χ0n) is 24.3. The number of benzene rings is 3. The van der Waals surface area contributed by atoms with Gasteiger partial charge in [-0.3, -0.25) is 14.5 Å². The Kier molecular flexibility index (Phi) is 9.06. The van der Waals surface area contributed by atoms with E-state index in [9.17, 15) is 14.7 Å². The number of nitrogens with one attached hydrogen (secondary N) is 1. The molecule has 3 atom stereocenters. The Balaban J connectivity index is 1.33. The monoisotopic (exact) mass is 555 g/mol. The maximum absolute atomic E-state index is 13.4. The standard InChI is InChI=1S/C34H41N3O4/c1-23-19-37(24(2)22-38)33(39)18-29-17-30(35-34(40)28-13-14-28)15-16-31(29)41-32(23)21-36(3)20-25-9-11-27(12-10-25)26-7-5-4-6-8-26/h4-12,15-17,23-24,28,32,38H,13-14,18-22H2,1-3H3,(H,35,40)/t23-,24-,32-/m1/s1. The second-order valence-electron chi connectivity index (χ2n) is 11.7. The summed E-state index contributed by atoms with van der Waals surface area (Å²) < 4.78 is 6.65. The number of ether oxygens (including phenoxy) is 1. The summed E-state index contributed by atoms with van der Waals surface area (Å²) in [5.41, 5.74) is 5.03. The van der Waals surface area contributed by atoms with Crippen molar-refractivity contribution >= 4 is 17.5 Å². The number of likely N-dealkylation sites (N-methyl/N-ethyl adjacent to an activating group) is 1. The molecule has 0 aromatic heterocycles. The Morgan fingerprint density at radius 3 is 2.46 bits per heavy atom. The highest BCUT2D eigenvalue weighted by Gasteiger charge is 2.32. The molecule has 41 heavy (non-hydrogen) atoms. The van der Waals surface area contributed by atoms with Crippen LogP contribution in [0.1, 0.15) is 37.8 Å². The highest BCUT2D eigenvalue weighted by atomic mass is 16.5. The number of hydrogen-bond donors (Lipinski definition) is 2. The number of aliphatic hydroxyl groups excluding tert-OH is 1. The van der Waals surface area contributed by atoms with Gasteiger partial charge in [0.15, 0.2) is 0 Å². The SMILES string of the molecule is C[C@@H]1CN([C@H](C)CO)C(=O)Cc2cc(NC(=O)C3CC3)ccc2O[C@@H]1CN(C)Cc1ccc(-c2ccccc2)cc1. The molecule has 3 aromatic rings. The summed E-state index contributed by atoms with van der Waals surface area (Å²) in [7, 11) is 2.09. The third kappa shape index (κ3) is 7.34. The van der Waals surface area contributed by atoms with Crippen LogP contribution in [0.3, 0.4) is 0 Å². The van der Waals surface area contributed by atoms with Gasteiger partial charge in [0.05, 0.1) is 19.1 Å². The van der Waals surface area contributed by atoms with Crippen molar-refractivity contribution in [2.24, 2.45) is 11.8 Å². The highest BCUT2D eigenvalue weighted by Crippen LogP contribution is 2.32. The lowest BCUT2D eigenvalue weighted by molar-refractivity contribution is -0.134. The first-order valence-corrected chi connectivity index (χ1v) is 14.6. The fourth-order valence-corrected chi connectivity index (χ4v) is 5.43. The van der Waals surface area contributed by atoms with Crippen LogP contribution in [0.5, 0.6) is 5.75 Å². The molecule has 1 saturated carbocycles. The number of hydrogen-bond acceptors (Lipinski definition) is 5. The van der Waals surface area contributed by atoms with Gasteiger partial charge in [0.1, 0.15) is 11.9 Å². The van der Waals surface area contributed by atoms with Crippen molar-refractivity contribution in [1.82, 2.24) is 9.80 Å². The number of anilines is 1. The van der Waals surface area contributed by atoms with Gasteiger partial charge in [-0.25, -0.2) is 0 Å². The Morgan fingerprint density at radius 1 is 1.07 bits per heavy atom. The molecule has 7 nitrogen and oxygen atoms in total. The lowest BCUT2D eigenvalue weighted by Crippen LogP contribution is -2.47. The molecule has 1 aliphatic carbocycles. The Morgan fingerprint density at radius 2 is 1.78 bits per heavy atom. The van der Waals surface area contributed by atoms with Crippen LogP contribution in [-0.2, 0) is 22.6 Å². The third-order valence-electron chi connectivity index (χ3n) is 8.14.